The number of phenolic OH excluding ortho intramolecular Hbond substituents is 1. The molecule has 3 N–H and O–H groups in total. The Balaban J connectivity index is 2.64. The summed E-state index contributed by atoms with van der Waals surface area (Å²) in [5.74, 6) is -0.209. The van der Waals surface area contributed by atoms with E-state index in [1.165, 1.54) is 0 Å². The summed E-state index contributed by atoms with van der Waals surface area (Å²) in [6.45, 7) is 11.7. The maximum absolute atomic E-state index is 12.3. The van der Waals surface area contributed by atoms with Gasteiger partial charge in [0.15, 0.2) is 0 Å². The van der Waals surface area contributed by atoms with Gasteiger partial charge in [-0.25, -0.2) is 0 Å². The predicted octanol–water partition coefficient (Wildman–Crippen LogP) is 5.44. The van der Waals surface area contributed by atoms with Crippen molar-refractivity contribution in [1.82, 2.24) is 4.57 Å². The van der Waals surface area contributed by atoms with Gasteiger partial charge in [-0.1, -0.05) is 52.7 Å². The van der Waals surface area contributed by atoms with E-state index >= 15 is 0 Å². The minimum atomic E-state index is -0.405. The van der Waals surface area contributed by atoms with E-state index < -0.39 is 5.91 Å². The zero-order valence-corrected chi connectivity index (χ0v) is 17.4. The fourth-order valence-electron chi connectivity index (χ4n) is 3.62. The monoisotopic (exact) mass is 370 g/mol. The minimum absolute atomic E-state index is 0.197. The number of benzene rings is 1. The van der Waals surface area contributed by atoms with Crippen molar-refractivity contribution in [2.45, 2.75) is 73.3 Å². The van der Waals surface area contributed by atoms with E-state index in [0.717, 1.165) is 61.2 Å². The highest BCUT2D eigenvalue weighted by molar-refractivity contribution is 6.02. The van der Waals surface area contributed by atoms with Crippen LogP contribution in [0.3, 0.4) is 0 Å². The van der Waals surface area contributed by atoms with Crippen LogP contribution in [0.15, 0.2) is 24.3 Å². The molecule has 0 radical (unpaired) electrons. The van der Waals surface area contributed by atoms with Crippen LogP contribution >= 0.6 is 0 Å². The normalized spacial score (nSPS) is 11.7. The molecule has 1 aromatic heterocycles. The first-order chi connectivity index (χ1) is 12.7. The molecule has 148 valence electrons. The summed E-state index contributed by atoms with van der Waals surface area (Å²) < 4.78 is 2.28. The summed E-state index contributed by atoms with van der Waals surface area (Å²) in [5, 5.41) is 9.97. The Morgan fingerprint density at radius 2 is 1.93 bits per heavy atom. The third-order valence-electron chi connectivity index (χ3n) is 5.11. The zero-order valence-electron chi connectivity index (χ0n) is 17.4. The second kappa shape index (κ2) is 8.64. The number of unbranched alkanes of at least 4 members (excludes halogenated alkanes) is 2. The zero-order chi connectivity index (χ0) is 20.2. The number of rotatable bonds is 8. The first-order valence-electron chi connectivity index (χ1n) is 9.97. The topological polar surface area (TPSA) is 68.2 Å². The molecule has 0 spiro atoms. The second-order valence-corrected chi connectivity index (χ2v) is 8.62. The molecule has 0 aliphatic rings. The number of carbonyl (C=O) groups excluding carboxylic acids is 1. The van der Waals surface area contributed by atoms with Crippen molar-refractivity contribution in [3.63, 3.8) is 0 Å². The van der Waals surface area contributed by atoms with E-state index in [0.29, 0.717) is 5.56 Å². The van der Waals surface area contributed by atoms with Crippen LogP contribution in [0, 0.1) is 12.3 Å². The van der Waals surface area contributed by atoms with Gasteiger partial charge in [-0.15, -0.1) is 0 Å². The van der Waals surface area contributed by atoms with E-state index in [9.17, 15) is 9.90 Å². The molecular formula is C23H34N2O2. The fourth-order valence-corrected chi connectivity index (χ4v) is 3.62. The lowest BCUT2D eigenvalue weighted by atomic mass is 9.92. The van der Waals surface area contributed by atoms with Crippen LogP contribution in [-0.2, 0) is 13.0 Å². The van der Waals surface area contributed by atoms with Crippen molar-refractivity contribution in [2.24, 2.45) is 11.1 Å². The Morgan fingerprint density at radius 1 is 1.22 bits per heavy atom. The first-order valence-corrected chi connectivity index (χ1v) is 9.97. The van der Waals surface area contributed by atoms with Crippen LogP contribution in [0.5, 0.6) is 5.75 Å². The highest BCUT2D eigenvalue weighted by atomic mass is 16.3. The first kappa shape index (κ1) is 21.1. The fraction of sp³-hybridized carbons (Fsp3) is 0.522. The van der Waals surface area contributed by atoms with Gasteiger partial charge >= 0.3 is 0 Å². The van der Waals surface area contributed by atoms with Gasteiger partial charge in [-0.2, -0.15) is 0 Å². The van der Waals surface area contributed by atoms with Gasteiger partial charge < -0.3 is 15.4 Å². The second-order valence-electron chi connectivity index (χ2n) is 8.62. The molecule has 2 aromatic rings. The average Bonchev–Trinajstić information content (AvgIpc) is 2.84. The molecule has 27 heavy (non-hydrogen) atoms. The molecule has 1 heterocycles. The SMILES string of the molecule is CCCCCc1c(-c2cccc(O)c2)c(C(N)=O)c(C)n1CCC(C)(C)C. The average molecular weight is 371 g/mol. The van der Waals surface area contributed by atoms with Gasteiger partial charge in [0.25, 0.3) is 5.91 Å². The molecule has 4 heteroatoms. The van der Waals surface area contributed by atoms with Gasteiger partial charge in [-0.3, -0.25) is 4.79 Å². The standard InChI is InChI=1S/C23H34N2O2/c1-6-7-8-12-19-21(17-10-9-11-18(26)15-17)20(22(24)27)16(2)25(19)14-13-23(3,4)5/h9-11,15,26H,6-8,12-14H2,1-5H3,(H2,24,27). The number of carbonyl (C=O) groups is 1. The molecule has 0 unspecified atom stereocenters. The summed E-state index contributed by atoms with van der Waals surface area (Å²) >= 11 is 0. The quantitative estimate of drug-likeness (QED) is 0.608. The Hall–Kier alpha value is -2.23. The van der Waals surface area contributed by atoms with E-state index in [4.69, 9.17) is 5.73 Å². The predicted molar refractivity (Wildman–Crippen MR) is 112 cm³/mol. The van der Waals surface area contributed by atoms with E-state index in [1.54, 1.807) is 12.1 Å². The number of phenols is 1. The largest absolute Gasteiger partial charge is 0.508 e. The maximum Gasteiger partial charge on any atom is 0.251 e. The van der Waals surface area contributed by atoms with Crippen LogP contribution in [0.2, 0.25) is 0 Å². The number of amides is 1. The smallest absolute Gasteiger partial charge is 0.251 e. The third kappa shape index (κ3) is 5.15. The highest BCUT2D eigenvalue weighted by Crippen LogP contribution is 2.36. The molecule has 0 fully saturated rings. The van der Waals surface area contributed by atoms with Gasteiger partial charge in [0.1, 0.15) is 5.75 Å². The summed E-state index contributed by atoms with van der Waals surface area (Å²) in [6, 6.07) is 7.12. The number of hydrogen-bond donors (Lipinski definition) is 2. The van der Waals surface area contributed by atoms with E-state index in [2.05, 4.69) is 32.3 Å². The summed E-state index contributed by atoms with van der Waals surface area (Å²) in [7, 11) is 0. The number of aromatic hydroxyl groups is 1. The molecule has 0 bridgehead atoms. The molecule has 1 aromatic carbocycles. The number of hydrogen-bond acceptors (Lipinski definition) is 2. The van der Waals surface area contributed by atoms with Crippen LogP contribution in [0.4, 0.5) is 0 Å². The van der Waals surface area contributed by atoms with Crippen molar-refractivity contribution in [3.05, 3.63) is 41.2 Å². The van der Waals surface area contributed by atoms with Crippen LogP contribution in [0.25, 0.3) is 11.1 Å². The van der Waals surface area contributed by atoms with E-state index in [-0.39, 0.29) is 11.2 Å². The molecule has 2 rings (SSSR count). The Morgan fingerprint density at radius 3 is 2.48 bits per heavy atom. The van der Waals surface area contributed by atoms with Crippen molar-refractivity contribution >= 4 is 5.91 Å². The Labute approximate surface area is 163 Å². The molecule has 4 nitrogen and oxygen atoms in total. The third-order valence-corrected chi connectivity index (χ3v) is 5.11. The molecule has 0 saturated carbocycles. The van der Waals surface area contributed by atoms with Crippen LogP contribution in [0.1, 0.15) is 75.1 Å². The van der Waals surface area contributed by atoms with Gasteiger partial charge in [0.2, 0.25) is 0 Å². The lowest BCUT2D eigenvalue weighted by molar-refractivity contribution is 0.1000. The van der Waals surface area contributed by atoms with Crippen molar-refractivity contribution in [2.75, 3.05) is 0 Å². The number of aromatic nitrogens is 1. The van der Waals surface area contributed by atoms with E-state index in [1.807, 2.05) is 19.1 Å². The van der Waals surface area contributed by atoms with Gasteiger partial charge in [0, 0.05) is 23.5 Å². The molecule has 0 atom stereocenters. The number of nitrogens with zero attached hydrogens (tertiary/aromatic N) is 1. The molecular weight excluding hydrogens is 336 g/mol. The molecule has 1 amide bonds. The van der Waals surface area contributed by atoms with Gasteiger partial charge in [-0.05, 0) is 49.3 Å². The van der Waals surface area contributed by atoms with Crippen molar-refractivity contribution < 1.29 is 9.90 Å². The van der Waals surface area contributed by atoms with Crippen LogP contribution < -0.4 is 5.73 Å². The maximum atomic E-state index is 12.3. The highest BCUT2D eigenvalue weighted by Gasteiger charge is 2.25. The Bertz CT molecular complexity index is 797. The van der Waals surface area contributed by atoms with Crippen LogP contribution in [-0.4, -0.2) is 15.6 Å². The number of nitrogens with two attached hydrogens (primary N) is 1. The lowest BCUT2D eigenvalue weighted by Gasteiger charge is -2.21. The van der Waals surface area contributed by atoms with Crippen molar-refractivity contribution in [1.29, 1.82) is 0 Å². The van der Waals surface area contributed by atoms with Crippen molar-refractivity contribution in [3.8, 4) is 16.9 Å². The number of primary amides is 1. The Kier molecular flexibility index (Phi) is 6.74. The summed E-state index contributed by atoms with van der Waals surface area (Å²) in [4.78, 5) is 12.3. The molecule has 0 saturated heterocycles. The molecule has 0 aliphatic heterocycles. The summed E-state index contributed by atoms with van der Waals surface area (Å²) in [5.41, 5.74) is 10.4. The summed E-state index contributed by atoms with van der Waals surface area (Å²) in [6.07, 6.45) is 5.28. The van der Waals surface area contributed by atoms with Gasteiger partial charge in [0.05, 0.1) is 5.56 Å². The lowest BCUT2D eigenvalue weighted by Crippen LogP contribution is -2.15. The minimum Gasteiger partial charge on any atom is -0.508 e. The molecule has 0 aliphatic carbocycles.